The van der Waals surface area contributed by atoms with E-state index in [1.165, 1.54) is 77.0 Å². The van der Waals surface area contributed by atoms with Crippen LogP contribution in [-0.2, 0) is 0 Å². The number of rotatable bonds is 14. The van der Waals surface area contributed by atoms with Crippen molar-refractivity contribution in [3.05, 3.63) is 36.5 Å². The van der Waals surface area contributed by atoms with E-state index in [4.69, 9.17) is 0 Å². The molecule has 26 heavy (non-hydrogen) atoms. The first kappa shape index (κ1) is 20.7. The molecule has 0 radical (unpaired) electrons. The second-order valence-corrected chi connectivity index (χ2v) is 7.63. The van der Waals surface area contributed by atoms with E-state index in [1.54, 1.807) is 0 Å². The van der Waals surface area contributed by atoms with Crippen LogP contribution in [0.25, 0.3) is 10.9 Å². The monoisotopic (exact) mass is 355 g/mol. The van der Waals surface area contributed by atoms with Crippen molar-refractivity contribution in [3.8, 4) is 0 Å². The van der Waals surface area contributed by atoms with Crippen LogP contribution in [0.3, 0.4) is 0 Å². The molecule has 0 spiro atoms. The fourth-order valence-electron chi connectivity index (χ4n) is 3.71. The number of para-hydroxylation sites is 1. The smallest absolute Gasteiger partial charge is 0.231 e. The molecular formula is C24H37NO. The summed E-state index contributed by atoms with van der Waals surface area (Å²) < 4.78 is 1.82. The summed E-state index contributed by atoms with van der Waals surface area (Å²) in [5, 5.41) is 1.14. The number of fused-ring (bicyclic) bond motifs is 1. The number of carbonyl (C=O) groups excluding carboxylic acids is 1. The van der Waals surface area contributed by atoms with Crippen LogP contribution in [0.2, 0.25) is 0 Å². The SMILES string of the molecule is CCCCCCCCCCCCCCCC(=O)n1ccc2ccccc21. The summed E-state index contributed by atoms with van der Waals surface area (Å²) in [6.07, 6.45) is 20.0. The van der Waals surface area contributed by atoms with Gasteiger partial charge in [0, 0.05) is 18.0 Å². The summed E-state index contributed by atoms with van der Waals surface area (Å²) in [6, 6.07) is 10.1. The predicted molar refractivity (Wildman–Crippen MR) is 113 cm³/mol. The van der Waals surface area contributed by atoms with Gasteiger partial charge < -0.3 is 0 Å². The number of hydrogen-bond donors (Lipinski definition) is 0. The molecule has 0 N–H and O–H groups in total. The molecule has 2 nitrogen and oxygen atoms in total. The van der Waals surface area contributed by atoms with Crippen LogP contribution in [0.5, 0.6) is 0 Å². The van der Waals surface area contributed by atoms with Gasteiger partial charge in [0.25, 0.3) is 0 Å². The van der Waals surface area contributed by atoms with Crippen LogP contribution in [0.1, 0.15) is 102 Å². The van der Waals surface area contributed by atoms with Gasteiger partial charge >= 0.3 is 0 Å². The molecule has 0 amide bonds. The molecular weight excluding hydrogens is 318 g/mol. The van der Waals surface area contributed by atoms with Crippen molar-refractivity contribution < 1.29 is 4.79 Å². The number of carbonyl (C=O) groups is 1. The van der Waals surface area contributed by atoms with Gasteiger partial charge in [-0.25, -0.2) is 0 Å². The highest BCUT2D eigenvalue weighted by atomic mass is 16.2. The van der Waals surface area contributed by atoms with Crippen molar-refractivity contribution >= 4 is 16.8 Å². The average molecular weight is 356 g/mol. The molecule has 1 aromatic heterocycles. The Balaban J connectivity index is 1.45. The maximum atomic E-state index is 12.4. The minimum atomic E-state index is 0.231. The van der Waals surface area contributed by atoms with Gasteiger partial charge in [-0.3, -0.25) is 9.36 Å². The lowest BCUT2D eigenvalue weighted by Gasteiger charge is -2.05. The van der Waals surface area contributed by atoms with Crippen LogP contribution >= 0.6 is 0 Å². The number of aromatic nitrogens is 1. The van der Waals surface area contributed by atoms with Gasteiger partial charge in [0.2, 0.25) is 5.91 Å². The third kappa shape index (κ3) is 7.35. The van der Waals surface area contributed by atoms with Crippen LogP contribution in [0, 0.1) is 0 Å². The lowest BCUT2D eigenvalue weighted by molar-refractivity contribution is 0.0904. The topological polar surface area (TPSA) is 22.0 Å². The molecule has 0 bridgehead atoms. The summed E-state index contributed by atoms with van der Waals surface area (Å²) in [7, 11) is 0. The molecule has 0 atom stereocenters. The first-order chi connectivity index (χ1) is 12.8. The summed E-state index contributed by atoms with van der Waals surface area (Å²) in [5.41, 5.74) is 1.03. The highest BCUT2D eigenvalue weighted by molar-refractivity contribution is 5.92. The molecule has 0 aliphatic heterocycles. The molecule has 0 unspecified atom stereocenters. The Morgan fingerprint density at radius 2 is 1.27 bits per heavy atom. The van der Waals surface area contributed by atoms with E-state index in [2.05, 4.69) is 13.0 Å². The summed E-state index contributed by atoms with van der Waals surface area (Å²) in [5.74, 6) is 0.231. The molecule has 0 fully saturated rings. The van der Waals surface area contributed by atoms with Crippen molar-refractivity contribution in [2.24, 2.45) is 0 Å². The van der Waals surface area contributed by atoms with E-state index in [-0.39, 0.29) is 5.91 Å². The van der Waals surface area contributed by atoms with Crippen molar-refractivity contribution in [2.45, 2.75) is 96.8 Å². The van der Waals surface area contributed by atoms with Crippen LogP contribution in [-0.4, -0.2) is 10.5 Å². The molecule has 2 heteroatoms. The van der Waals surface area contributed by atoms with Crippen LogP contribution < -0.4 is 0 Å². The van der Waals surface area contributed by atoms with E-state index in [0.717, 1.165) is 17.3 Å². The standard InChI is InChI=1S/C24H37NO/c1-2-3-4-5-6-7-8-9-10-11-12-13-14-19-24(26)25-21-20-22-17-15-16-18-23(22)25/h15-18,20-21H,2-14,19H2,1H3. The number of unbranched alkanes of at least 4 members (excludes halogenated alkanes) is 12. The van der Waals surface area contributed by atoms with E-state index >= 15 is 0 Å². The lowest BCUT2D eigenvalue weighted by Crippen LogP contribution is -2.08. The molecule has 0 aliphatic rings. The van der Waals surface area contributed by atoms with Gasteiger partial charge in [-0.15, -0.1) is 0 Å². The van der Waals surface area contributed by atoms with Crippen molar-refractivity contribution in [2.75, 3.05) is 0 Å². The van der Waals surface area contributed by atoms with Gasteiger partial charge in [-0.2, -0.15) is 0 Å². The highest BCUT2D eigenvalue weighted by Gasteiger charge is 2.07. The molecule has 1 heterocycles. The second-order valence-electron chi connectivity index (χ2n) is 7.63. The zero-order valence-electron chi connectivity index (χ0n) is 16.7. The minimum Gasteiger partial charge on any atom is -0.287 e. The molecule has 1 aromatic carbocycles. The third-order valence-electron chi connectivity index (χ3n) is 5.36. The summed E-state index contributed by atoms with van der Waals surface area (Å²) in [6.45, 7) is 2.28. The zero-order valence-corrected chi connectivity index (χ0v) is 16.7. The Morgan fingerprint density at radius 3 is 1.88 bits per heavy atom. The molecule has 2 rings (SSSR count). The molecule has 144 valence electrons. The Bertz CT molecular complexity index is 628. The first-order valence-corrected chi connectivity index (χ1v) is 10.9. The normalized spacial score (nSPS) is 11.3. The van der Waals surface area contributed by atoms with E-state index in [9.17, 15) is 4.79 Å². The molecule has 0 aliphatic carbocycles. The molecule has 2 aromatic rings. The van der Waals surface area contributed by atoms with E-state index < -0.39 is 0 Å². The van der Waals surface area contributed by atoms with Gasteiger partial charge in [-0.1, -0.05) is 102 Å². The third-order valence-corrected chi connectivity index (χ3v) is 5.36. The zero-order chi connectivity index (χ0) is 18.5. The Morgan fingerprint density at radius 1 is 0.731 bits per heavy atom. The second kappa shape index (κ2) is 12.7. The summed E-state index contributed by atoms with van der Waals surface area (Å²) >= 11 is 0. The average Bonchev–Trinajstić information content (AvgIpc) is 3.09. The van der Waals surface area contributed by atoms with E-state index in [1.807, 2.05) is 35.0 Å². The predicted octanol–water partition coefficient (Wildman–Crippen LogP) is 7.76. The van der Waals surface area contributed by atoms with Crippen LogP contribution in [0.15, 0.2) is 36.5 Å². The maximum Gasteiger partial charge on any atom is 0.231 e. The van der Waals surface area contributed by atoms with Crippen molar-refractivity contribution in [1.82, 2.24) is 4.57 Å². The minimum absolute atomic E-state index is 0.231. The lowest BCUT2D eigenvalue weighted by atomic mass is 10.0. The quantitative estimate of drug-likeness (QED) is 0.317. The van der Waals surface area contributed by atoms with E-state index in [0.29, 0.717) is 6.42 Å². The van der Waals surface area contributed by atoms with Gasteiger partial charge in [0.05, 0.1) is 5.52 Å². The van der Waals surface area contributed by atoms with Gasteiger partial charge in [0.1, 0.15) is 0 Å². The van der Waals surface area contributed by atoms with Gasteiger partial charge in [-0.05, 0) is 18.6 Å². The Kier molecular flexibility index (Phi) is 10.2. The fraction of sp³-hybridized carbons (Fsp3) is 0.625. The number of hydrogen-bond acceptors (Lipinski definition) is 1. The largest absolute Gasteiger partial charge is 0.287 e. The number of nitrogens with zero attached hydrogens (tertiary/aromatic N) is 1. The molecule has 0 saturated heterocycles. The fourth-order valence-corrected chi connectivity index (χ4v) is 3.71. The van der Waals surface area contributed by atoms with Crippen molar-refractivity contribution in [3.63, 3.8) is 0 Å². The molecule has 0 saturated carbocycles. The Hall–Kier alpha value is -1.57. The number of benzene rings is 1. The Labute approximate surface area is 160 Å². The first-order valence-electron chi connectivity index (χ1n) is 10.9. The van der Waals surface area contributed by atoms with Crippen molar-refractivity contribution in [1.29, 1.82) is 0 Å². The highest BCUT2D eigenvalue weighted by Crippen LogP contribution is 2.17. The van der Waals surface area contributed by atoms with Crippen LogP contribution in [0.4, 0.5) is 0 Å². The summed E-state index contributed by atoms with van der Waals surface area (Å²) in [4.78, 5) is 12.4. The van der Waals surface area contributed by atoms with Gasteiger partial charge in [0.15, 0.2) is 0 Å². The maximum absolute atomic E-state index is 12.4.